The fourth-order valence-electron chi connectivity index (χ4n) is 1.68. The molecule has 0 unspecified atom stereocenters. The number of hydrogen-bond donors (Lipinski definition) is 0. The van der Waals surface area contributed by atoms with Gasteiger partial charge in [0.1, 0.15) is 5.01 Å². The fourth-order valence-corrected chi connectivity index (χ4v) is 2.33. The minimum absolute atomic E-state index is 0.848. The van der Waals surface area contributed by atoms with Gasteiger partial charge in [0.2, 0.25) is 0 Å². The summed E-state index contributed by atoms with van der Waals surface area (Å²) >= 11 is 1.69. The molecule has 0 radical (unpaired) electrons. The highest BCUT2D eigenvalue weighted by Crippen LogP contribution is 2.40. The van der Waals surface area contributed by atoms with Gasteiger partial charge in [-0.2, -0.15) is 0 Å². The summed E-state index contributed by atoms with van der Waals surface area (Å²) in [5, 5.41) is 3.14. The van der Waals surface area contributed by atoms with Crippen LogP contribution in [0.2, 0.25) is 0 Å². The molecule has 0 bridgehead atoms. The van der Waals surface area contributed by atoms with Crippen molar-refractivity contribution in [3.8, 4) is 10.6 Å². The Hall–Kier alpha value is -1.15. The summed E-state index contributed by atoms with van der Waals surface area (Å²) in [6, 6.07) is 8.86. The van der Waals surface area contributed by atoms with Crippen LogP contribution in [-0.4, -0.2) is 4.98 Å². The number of thiazole rings is 1. The molecule has 0 amide bonds. The minimum atomic E-state index is 0.848. The van der Waals surface area contributed by atoms with Gasteiger partial charge in [0.25, 0.3) is 0 Å². The van der Waals surface area contributed by atoms with Crippen LogP contribution in [0, 0.1) is 0 Å². The van der Waals surface area contributed by atoms with Gasteiger partial charge in [-0.3, -0.25) is 0 Å². The number of nitrogens with zero attached hydrogens (tertiary/aromatic N) is 1. The van der Waals surface area contributed by atoms with Crippen molar-refractivity contribution >= 4 is 11.3 Å². The van der Waals surface area contributed by atoms with E-state index in [1.807, 2.05) is 11.6 Å². The van der Waals surface area contributed by atoms with E-state index in [0.29, 0.717) is 0 Å². The van der Waals surface area contributed by atoms with E-state index >= 15 is 0 Å². The van der Waals surface area contributed by atoms with E-state index in [2.05, 4.69) is 29.2 Å². The molecule has 3 rings (SSSR count). The first-order valence-corrected chi connectivity index (χ1v) is 5.81. The van der Waals surface area contributed by atoms with Crippen LogP contribution in [0.5, 0.6) is 0 Å². The van der Waals surface area contributed by atoms with Crippen LogP contribution < -0.4 is 0 Å². The first kappa shape index (κ1) is 8.18. The van der Waals surface area contributed by atoms with Crippen molar-refractivity contribution in [2.75, 3.05) is 0 Å². The SMILES string of the molecule is c1csc(-c2ccc(C3CC3)cc2)n1. The second-order valence-corrected chi connectivity index (χ2v) is 4.63. The van der Waals surface area contributed by atoms with Crippen LogP contribution in [-0.2, 0) is 0 Å². The van der Waals surface area contributed by atoms with E-state index in [1.54, 1.807) is 11.3 Å². The molecule has 0 aliphatic heterocycles. The highest BCUT2D eigenvalue weighted by molar-refractivity contribution is 7.13. The van der Waals surface area contributed by atoms with Gasteiger partial charge in [0.05, 0.1) is 0 Å². The maximum atomic E-state index is 4.30. The average molecular weight is 201 g/mol. The van der Waals surface area contributed by atoms with Crippen molar-refractivity contribution in [1.29, 1.82) is 0 Å². The molecule has 1 aliphatic rings. The van der Waals surface area contributed by atoms with Crippen molar-refractivity contribution in [2.24, 2.45) is 0 Å². The van der Waals surface area contributed by atoms with E-state index in [4.69, 9.17) is 0 Å². The molecular formula is C12H11NS. The molecule has 70 valence electrons. The molecule has 1 heterocycles. The molecule has 0 N–H and O–H groups in total. The number of rotatable bonds is 2. The normalized spacial score (nSPS) is 15.7. The lowest BCUT2D eigenvalue weighted by Gasteiger charge is -1.99. The Labute approximate surface area is 87.4 Å². The average Bonchev–Trinajstić information content (AvgIpc) is 2.94. The maximum absolute atomic E-state index is 4.30. The molecule has 0 atom stereocenters. The molecule has 1 aromatic heterocycles. The molecule has 1 saturated carbocycles. The van der Waals surface area contributed by atoms with Gasteiger partial charge in [0, 0.05) is 17.1 Å². The Balaban J connectivity index is 1.93. The molecule has 14 heavy (non-hydrogen) atoms. The second kappa shape index (κ2) is 3.21. The first-order valence-electron chi connectivity index (χ1n) is 4.93. The smallest absolute Gasteiger partial charge is 0.123 e. The number of benzene rings is 1. The fraction of sp³-hybridized carbons (Fsp3) is 0.250. The maximum Gasteiger partial charge on any atom is 0.123 e. The third-order valence-corrected chi connectivity index (χ3v) is 3.46. The van der Waals surface area contributed by atoms with Crippen LogP contribution in [0.3, 0.4) is 0 Å². The molecule has 2 heteroatoms. The van der Waals surface area contributed by atoms with Crippen LogP contribution in [0.15, 0.2) is 35.8 Å². The van der Waals surface area contributed by atoms with E-state index < -0.39 is 0 Å². The summed E-state index contributed by atoms with van der Waals surface area (Å²) in [5.74, 6) is 0.848. The lowest BCUT2D eigenvalue weighted by molar-refractivity contribution is 1.13. The quantitative estimate of drug-likeness (QED) is 0.722. The van der Waals surface area contributed by atoms with Crippen molar-refractivity contribution in [1.82, 2.24) is 4.98 Å². The van der Waals surface area contributed by atoms with E-state index in [-0.39, 0.29) is 0 Å². The highest BCUT2D eigenvalue weighted by Gasteiger charge is 2.22. The van der Waals surface area contributed by atoms with E-state index in [1.165, 1.54) is 24.0 Å². The zero-order valence-electron chi connectivity index (χ0n) is 7.81. The predicted molar refractivity (Wildman–Crippen MR) is 59.5 cm³/mol. The Morgan fingerprint density at radius 2 is 1.93 bits per heavy atom. The third-order valence-electron chi connectivity index (χ3n) is 2.64. The Morgan fingerprint density at radius 3 is 2.50 bits per heavy atom. The molecule has 1 fully saturated rings. The zero-order chi connectivity index (χ0) is 9.38. The molecule has 1 aliphatic carbocycles. The van der Waals surface area contributed by atoms with Gasteiger partial charge in [-0.1, -0.05) is 24.3 Å². The Morgan fingerprint density at radius 1 is 1.14 bits per heavy atom. The van der Waals surface area contributed by atoms with Crippen molar-refractivity contribution in [3.63, 3.8) is 0 Å². The Bertz CT molecular complexity index is 412. The molecular weight excluding hydrogens is 190 g/mol. The van der Waals surface area contributed by atoms with Crippen LogP contribution in [0.4, 0.5) is 0 Å². The van der Waals surface area contributed by atoms with Gasteiger partial charge < -0.3 is 0 Å². The summed E-state index contributed by atoms with van der Waals surface area (Å²) in [5.41, 5.74) is 2.73. The first-order chi connectivity index (χ1) is 6.93. The van der Waals surface area contributed by atoms with Crippen LogP contribution in [0.25, 0.3) is 10.6 Å². The number of hydrogen-bond acceptors (Lipinski definition) is 2. The van der Waals surface area contributed by atoms with Crippen molar-refractivity contribution in [2.45, 2.75) is 18.8 Å². The van der Waals surface area contributed by atoms with Gasteiger partial charge >= 0.3 is 0 Å². The monoisotopic (exact) mass is 201 g/mol. The topological polar surface area (TPSA) is 12.9 Å². The number of aromatic nitrogens is 1. The van der Waals surface area contributed by atoms with Crippen molar-refractivity contribution in [3.05, 3.63) is 41.4 Å². The Kier molecular flexibility index (Phi) is 1.88. The largest absolute Gasteiger partial charge is 0.245 e. The van der Waals surface area contributed by atoms with E-state index in [0.717, 1.165) is 10.9 Å². The summed E-state index contributed by atoms with van der Waals surface area (Å²) in [6.45, 7) is 0. The standard InChI is InChI=1S/C12H11NS/c1-2-9(1)10-3-5-11(6-4-10)12-13-7-8-14-12/h3-9H,1-2H2. The predicted octanol–water partition coefficient (Wildman–Crippen LogP) is 3.69. The molecule has 2 aromatic rings. The third kappa shape index (κ3) is 1.46. The lowest BCUT2D eigenvalue weighted by Crippen LogP contribution is -1.79. The molecule has 0 saturated heterocycles. The molecule has 0 spiro atoms. The molecule has 1 nitrogen and oxygen atoms in total. The van der Waals surface area contributed by atoms with Crippen molar-refractivity contribution < 1.29 is 0 Å². The lowest BCUT2D eigenvalue weighted by atomic mass is 10.1. The minimum Gasteiger partial charge on any atom is -0.245 e. The summed E-state index contributed by atoms with van der Waals surface area (Å²) in [7, 11) is 0. The summed E-state index contributed by atoms with van der Waals surface area (Å²) in [4.78, 5) is 4.30. The van der Waals surface area contributed by atoms with Crippen LogP contribution in [0.1, 0.15) is 24.3 Å². The van der Waals surface area contributed by atoms with Gasteiger partial charge in [0.15, 0.2) is 0 Å². The summed E-state index contributed by atoms with van der Waals surface area (Å²) < 4.78 is 0. The van der Waals surface area contributed by atoms with Gasteiger partial charge in [-0.05, 0) is 24.3 Å². The van der Waals surface area contributed by atoms with E-state index in [9.17, 15) is 0 Å². The van der Waals surface area contributed by atoms with Crippen LogP contribution >= 0.6 is 11.3 Å². The van der Waals surface area contributed by atoms with Gasteiger partial charge in [-0.15, -0.1) is 11.3 Å². The second-order valence-electron chi connectivity index (χ2n) is 3.73. The highest BCUT2D eigenvalue weighted by atomic mass is 32.1. The summed E-state index contributed by atoms with van der Waals surface area (Å²) in [6.07, 6.45) is 4.60. The van der Waals surface area contributed by atoms with Gasteiger partial charge in [-0.25, -0.2) is 4.98 Å². The molecule has 1 aromatic carbocycles. The zero-order valence-corrected chi connectivity index (χ0v) is 8.63.